The fourth-order valence-corrected chi connectivity index (χ4v) is 2.37. The number of methoxy groups -OCH3 is 1. The number of ether oxygens (including phenoxy) is 1. The van der Waals surface area contributed by atoms with E-state index in [1.165, 1.54) is 13.3 Å². The predicted octanol–water partition coefficient (Wildman–Crippen LogP) is 3.83. The maximum Gasteiger partial charge on any atom is 0.273 e. The van der Waals surface area contributed by atoms with Crippen LogP contribution in [0.5, 0.6) is 0 Å². The molecule has 0 aliphatic heterocycles. The summed E-state index contributed by atoms with van der Waals surface area (Å²) in [5.41, 5.74) is 3.71. The summed E-state index contributed by atoms with van der Waals surface area (Å²) < 4.78 is 5.21. The Balaban J connectivity index is 2.07. The van der Waals surface area contributed by atoms with Gasteiger partial charge in [-0.2, -0.15) is 5.10 Å². The van der Waals surface area contributed by atoms with Gasteiger partial charge < -0.3 is 4.74 Å². The van der Waals surface area contributed by atoms with Crippen molar-refractivity contribution < 1.29 is 9.53 Å². The van der Waals surface area contributed by atoms with Crippen molar-refractivity contribution in [3.8, 4) is 0 Å². The third-order valence-corrected chi connectivity index (χ3v) is 3.60. The first-order valence-electron chi connectivity index (χ1n) is 6.48. The van der Waals surface area contributed by atoms with Crippen molar-refractivity contribution in [3.63, 3.8) is 0 Å². The molecule has 22 heavy (non-hydrogen) atoms. The zero-order chi connectivity index (χ0) is 15.9. The summed E-state index contributed by atoms with van der Waals surface area (Å²) in [5.74, 6) is -0.381. The molecule has 4 nitrogen and oxygen atoms in total. The Kier molecular flexibility index (Phi) is 5.95. The lowest BCUT2D eigenvalue weighted by molar-refractivity contribution is -0.131. The molecule has 0 heterocycles. The van der Waals surface area contributed by atoms with Crippen LogP contribution in [0.1, 0.15) is 17.2 Å². The Bertz CT molecular complexity index is 655. The number of halogens is 2. The van der Waals surface area contributed by atoms with Crippen LogP contribution < -0.4 is 5.43 Å². The van der Waals surface area contributed by atoms with Gasteiger partial charge in [-0.15, -0.1) is 0 Å². The largest absolute Gasteiger partial charge is 0.367 e. The molecule has 0 radical (unpaired) electrons. The van der Waals surface area contributed by atoms with Gasteiger partial charge >= 0.3 is 0 Å². The van der Waals surface area contributed by atoms with Crippen LogP contribution in [0.25, 0.3) is 0 Å². The molecule has 0 spiro atoms. The first-order chi connectivity index (χ1) is 10.6. The molecule has 0 bridgehead atoms. The number of hydrogen-bond acceptors (Lipinski definition) is 3. The summed E-state index contributed by atoms with van der Waals surface area (Å²) >= 11 is 12.0. The third kappa shape index (κ3) is 4.07. The average Bonchev–Trinajstić information content (AvgIpc) is 2.52. The topological polar surface area (TPSA) is 50.7 Å². The van der Waals surface area contributed by atoms with E-state index in [4.69, 9.17) is 27.9 Å². The average molecular weight is 337 g/mol. The summed E-state index contributed by atoms with van der Waals surface area (Å²) in [6.07, 6.45) is 0.667. The number of rotatable bonds is 5. The summed E-state index contributed by atoms with van der Waals surface area (Å²) in [6.45, 7) is 0. The molecule has 1 atom stereocenters. The second-order valence-electron chi connectivity index (χ2n) is 4.40. The van der Waals surface area contributed by atoms with Gasteiger partial charge in [0.15, 0.2) is 6.10 Å². The van der Waals surface area contributed by atoms with Crippen molar-refractivity contribution in [2.75, 3.05) is 7.11 Å². The molecule has 0 fully saturated rings. The Morgan fingerprint density at radius 2 is 1.77 bits per heavy atom. The zero-order valence-corrected chi connectivity index (χ0v) is 13.3. The normalized spacial score (nSPS) is 12.3. The minimum atomic E-state index is -0.736. The van der Waals surface area contributed by atoms with Crippen molar-refractivity contribution in [1.82, 2.24) is 5.43 Å². The van der Waals surface area contributed by atoms with Gasteiger partial charge in [0.05, 0.1) is 16.3 Å². The monoisotopic (exact) mass is 336 g/mol. The smallest absolute Gasteiger partial charge is 0.273 e. The van der Waals surface area contributed by atoms with Gasteiger partial charge in [-0.1, -0.05) is 59.6 Å². The molecule has 0 aromatic heterocycles. The Morgan fingerprint density at radius 1 is 1.14 bits per heavy atom. The molecular weight excluding hydrogens is 323 g/mol. The van der Waals surface area contributed by atoms with Gasteiger partial charge in [0.1, 0.15) is 0 Å². The first kappa shape index (κ1) is 16.5. The Hall–Kier alpha value is -1.88. The van der Waals surface area contributed by atoms with E-state index in [9.17, 15) is 4.79 Å². The van der Waals surface area contributed by atoms with E-state index in [0.29, 0.717) is 15.6 Å². The highest BCUT2D eigenvalue weighted by molar-refractivity contribution is 6.38. The number of amides is 1. The zero-order valence-electron chi connectivity index (χ0n) is 11.8. The van der Waals surface area contributed by atoms with Crippen LogP contribution in [-0.4, -0.2) is 19.2 Å². The van der Waals surface area contributed by atoms with Crippen LogP contribution in [0, 0.1) is 0 Å². The molecule has 6 heteroatoms. The van der Waals surface area contributed by atoms with Gasteiger partial charge in [-0.05, 0) is 17.7 Å². The fraction of sp³-hybridized carbons (Fsp3) is 0.125. The molecule has 0 saturated carbocycles. The van der Waals surface area contributed by atoms with Crippen LogP contribution >= 0.6 is 23.2 Å². The summed E-state index contributed by atoms with van der Waals surface area (Å²) in [7, 11) is 1.46. The number of carbonyl (C=O) groups is 1. The molecule has 114 valence electrons. The minimum absolute atomic E-state index is 0.381. The van der Waals surface area contributed by atoms with E-state index < -0.39 is 6.10 Å². The highest BCUT2D eigenvalue weighted by Gasteiger charge is 2.19. The third-order valence-electron chi connectivity index (χ3n) is 2.94. The van der Waals surface area contributed by atoms with E-state index in [1.54, 1.807) is 18.2 Å². The van der Waals surface area contributed by atoms with Crippen LogP contribution in [0.15, 0.2) is 53.6 Å². The Labute approximate surface area is 138 Å². The maximum atomic E-state index is 12.1. The van der Waals surface area contributed by atoms with Gasteiger partial charge in [0.2, 0.25) is 0 Å². The fourth-order valence-electron chi connectivity index (χ4n) is 1.88. The lowest BCUT2D eigenvalue weighted by Gasteiger charge is -2.13. The number of carbonyl (C=O) groups excluding carboxylic acids is 1. The van der Waals surface area contributed by atoms with Crippen LogP contribution in [0.4, 0.5) is 0 Å². The predicted molar refractivity (Wildman–Crippen MR) is 88.4 cm³/mol. The van der Waals surface area contributed by atoms with Gasteiger partial charge in [-0.3, -0.25) is 4.79 Å². The molecule has 0 aliphatic carbocycles. The van der Waals surface area contributed by atoms with Crippen molar-refractivity contribution in [1.29, 1.82) is 0 Å². The second-order valence-corrected chi connectivity index (χ2v) is 5.21. The summed E-state index contributed by atoms with van der Waals surface area (Å²) in [5, 5.41) is 4.79. The first-order valence-corrected chi connectivity index (χ1v) is 7.23. The number of hydrogen-bond donors (Lipinski definition) is 1. The number of nitrogens with one attached hydrogen (secondary N) is 1. The lowest BCUT2D eigenvalue weighted by atomic mass is 10.1. The molecule has 1 amide bonds. The van der Waals surface area contributed by atoms with Crippen molar-refractivity contribution in [2.45, 2.75) is 6.10 Å². The molecule has 1 N–H and O–H groups in total. The second kappa shape index (κ2) is 7.94. The van der Waals surface area contributed by atoms with Gasteiger partial charge in [-0.25, -0.2) is 5.43 Å². The van der Waals surface area contributed by atoms with Crippen LogP contribution in [0.3, 0.4) is 0 Å². The van der Waals surface area contributed by atoms with Gasteiger partial charge in [0.25, 0.3) is 5.91 Å². The SMILES string of the molecule is CO[C@@H](C(=O)N/N=C\c1c(Cl)cccc1Cl)c1ccccc1. The standard InChI is InChI=1S/C16H14Cl2N2O2/c1-22-15(11-6-3-2-4-7-11)16(21)20-19-10-12-13(17)8-5-9-14(12)18/h2-10,15H,1H3,(H,20,21)/b19-10-/t15-/m1/s1. The van der Waals surface area contributed by atoms with E-state index in [-0.39, 0.29) is 5.91 Å². The van der Waals surface area contributed by atoms with Gasteiger partial charge in [0, 0.05) is 12.7 Å². The van der Waals surface area contributed by atoms with Crippen molar-refractivity contribution >= 4 is 35.3 Å². The van der Waals surface area contributed by atoms with E-state index in [1.807, 2.05) is 30.3 Å². The molecule has 0 unspecified atom stereocenters. The quantitative estimate of drug-likeness (QED) is 0.666. The van der Waals surface area contributed by atoms with Crippen LogP contribution in [-0.2, 0) is 9.53 Å². The highest BCUT2D eigenvalue weighted by atomic mass is 35.5. The van der Waals surface area contributed by atoms with E-state index >= 15 is 0 Å². The number of hydrazone groups is 1. The molecule has 2 aromatic carbocycles. The molecule has 0 saturated heterocycles. The summed E-state index contributed by atoms with van der Waals surface area (Å²) in [6, 6.07) is 14.3. The molecule has 2 rings (SSSR count). The van der Waals surface area contributed by atoms with Crippen LogP contribution in [0.2, 0.25) is 10.0 Å². The lowest BCUT2D eigenvalue weighted by Crippen LogP contribution is -2.26. The van der Waals surface area contributed by atoms with Crippen molar-refractivity contribution in [2.24, 2.45) is 5.10 Å². The minimum Gasteiger partial charge on any atom is -0.367 e. The Morgan fingerprint density at radius 3 is 2.36 bits per heavy atom. The number of benzene rings is 2. The van der Waals surface area contributed by atoms with E-state index in [0.717, 1.165) is 5.56 Å². The molecule has 0 aliphatic rings. The number of nitrogens with zero attached hydrogens (tertiary/aromatic N) is 1. The maximum absolute atomic E-state index is 12.1. The summed E-state index contributed by atoms with van der Waals surface area (Å²) in [4.78, 5) is 12.1. The highest BCUT2D eigenvalue weighted by Crippen LogP contribution is 2.22. The molecular formula is C16H14Cl2N2O2. The molecule has 2 aromatic rings. The van der Waals surface area contributed by atoms with Crippen molar-refractivity contribution in [3.05, 3.63) is 69.7 Å². The van der Waals surface area contributed by atoms with E-state index in [2.05, 4.69) is 10.5 Å².